The van der Waals surface area contributed by atoms with Gasteiger partial charge in [0.15, 0.2) is 28.9 Å². The van der Waals surface area contributed by atoms with Crippen molar-refractivity contribution in [2.45, 2.75) is 13.0 Å². The Balaban J connectivity index is 1.93. The van der Waals surface area contributed by atoms with E-state index in [1.807, 2.05) is 0 Å². The first-order valence-corrected chi connectivity index (χ1v) is 12.1. The van der Waals surface area contributed by atoms with Crippen LogP contribution in [0.1, 0.15) is 6.92 Å². The van der Waals surface area contributed by atoms with Gasteiger partial charge in [0.1, 0.15) is 6.04 Å². The molecule has 0 aromatic heterocycles. The molecule has 0 heterocycles. The Morgan fingerprint density at radius 2 is 1.68 bits per heavy atom. The van der Waals surface area contributed by atoms with Crippen LogP contribution in [0.15, 0.2) is 60.7 Å². The molecule has 3 rings (SSSR count). The molecule has 0 bridgehead atoms. The first-order chi connectivity index (χ1) is 16.0. The number of nitrogens with one attached hydrogen (secondary N) is 1. The number of anilines is 2. The highest BCUT2D eigenvalue weighted by atomic mass is 35.5. The van der Waals surface area contributed by atoms with Gasteiger partial charge in [0.2, 0.25) is 15.9 Å². The fourth-order valence-electron chi connectivity index (χ4n) is 3.18. The van der Waals surface area contributed by atoms with Gasteiger partial charge in [0.05, 0.1) is 24.7 Å². The monoisotopic (exact) mass is 510 g/mol. The topological polar surface area (TPSA) is 84.9 Å². The number of hydrogen-bond donors (Lipinski definition) is 1. The zero-order chi connectivity index (χ0) is 25.0. The largest absolute Gasteiger partial charge is 0.493 e. The first kappa shape index (κ1) is 25.3. The summed E-state index contributed by atoms with van der Waals surface area (Å²) in [6, 6.07) is 12.6. The molecule has 0 radical (unpaired) electrons. The number of sulfonamides is 1. The minimum atomic E-state index is -4.05. The molecular formula is C23H21ClF2N2O5S. The molecule has 0 spiro atoms. The van der Waals surface area contributed by atoms with E-state index in [1.165, 1.54) is 26.2 Å². The number of carbonyl (C=O) groups excluding carboxylic acids is 1. The van der Waals surface area contributed by atoms with Gasteiger partial charge in [-0.1, -0.05) is 23.7 Å². The van der Waals surface area contributed by atoms with Crippen LogP contribution in [0.25, 0.3) is 0 Å². The van der Waals surface area contributed by atoms with Crippen LogP contribution in [0.5, 0.6) is 17.2 Å². The lowest BCUT2D eigenvalue weighted by atomic mass is 10.2. The van der Waals surface area contributed by atoms with Crippen LogP contribution in [-0.4, -0.2) is 33.7 Å². The molecule has 0 aliphatic rings. The van der Waals surface area contributed by atoms with Gasteiger partial charge < -0.3 is 14.8 Å². The summed E-state index contributed by atoms with van der Waals surface area (Å²) in [6.45, 7) is 1.31. The highest BCUT2D eigenvalue weighted by Crippen LogP contribution is 2.36. The molecule has 1 amide bonds. The maximum absolute atomic E-state index is 13.8. The number of hydrogen-bond acceptors (Lipinski definition) is 5. The highest BCUT2D eigenvalue weighted by Gasteiger charge is 2.30. The number of nitrogens with zero attached hydrogens (tertiary/aromatic N) is 1. The molecule has 3 aromatic rings. The summed E-state index contributed by atoms with van der Waals surface area (Å²) in [5.74, 6) is -2.12. The molecule has 3 aromatic carbocycles. The third-order valence-corrected chi connectivity index (χ3v) is 6.21. The maximum Gasteiger partial charge on any atom is 0.248 e. The third-order valence-electron chi connectivity index (χ3n) is 4.73. The normalized spacial score (nSPS) is 12.1. The van der Waals surface area contributed by atoms with Crippen LogP contribution in [0.3, 0.4) is 0 Å². The van der Waals surface area contributed by atoms with Crippen molar-refractivity contribution in [2.75, 3.05) is 23.0 Å². The molecule has 0 saturated heterocycles. The average Bonchev–Trinajstić information content (AvgIpc) is 2.77. The number of methoxy groups -OCH3 is 1. The summed E-state index contributed by atoms with van der Waals surface area (Å²) in [6.07, 6.45) is 0.855. The number of para-hydroxylation sites is 2. The van der Waals surface area contributed by atoms with Gasteiger partial charge in [-0.05, 0) is 49.4 Å². The van der Waals surface area contributed by atoms with Crippen molar-refractivity contribution in [1.82, 2.24) is 0 Å². The predicted molar refractivity (Wildman–Crippen MR) is 126 cm³/mol. The van der Waals surface area contributed by atoms with Crippen molar-refractivity contribution < 1.29 is 31.5 Å². The van der Waals surface area contributed by atoms with Crippen molar-refractivity contribution in [1.29, 1.82) is 0 Å². The molecule has 0 fully saturated rings. The molecule has 11 heteroatoms. The quantitative estimate of drug-likeness (QED) is 0.449. The van der Waals surface area contributed by atoms with Crippen LogP contribution >= 0.6 is 11.6 Å². The summed E-state index contributed by atoms with van der Waals surface area (Å²) in [5, 5.41) is 2.88. The van der Waals surface area contributed by atoms with E-state index in [9.17, 15) is 22.0 Å². The molecule has 34 heavy (non-hydrogen) atoms. The van der Waals surface area contributed by atoms with E-state index in [4.69, 9.17) is 21.1 Å². The Kier molecular flexibility index (Phi) is 7.63. The van der Waals surface area contributed by atoms with E-state index in [2.05, 4.69) is 5.32 Å². The SMILES string of the molecule is COc1ccccc1Oc1ccc(Cl)cc1NC(=O)[C@@H](C)N(c1ccc(F)c(F)c1)S(C)(=O)=O. The Bertz CT molecular complexity index is 1320. The zero-order valence-electron chi connectivity index (χ0n) is 18.4. The van der Waals surface area contributed by atoms with Crippen molar-refractivity contribution in [3.63, 3.8) is 0 Å². The van der Waals surface area contributed by atoms with Crippen LogP contribution in [-0.2, 0) is 14.8 Å². The highest BCUT2D eigenvalue weighted by molar-refractivity contribution is 7.92. The number of benzene rings is 3. The molecule has 1 atom stereocenters. The molecule has 7 nitrogen and oxygen atoms in total. The predicted octanol–water partition coefficient (Wildman–Crippen LogP) is 5.21. The fourth-order valence-corrected chi connectivity index (χ4v) is 4.52. The van der Waals surface area contributed by atoms with Gasteiger partial charge in [-0.25, -0.2) is 17.2 Å². The van der Waals surface area contributed by atoms with Gasteiger partial charge in [0.25, 0.3) is 0 Å². The van der Waals surface area contributed by atoms with E-state index in [1.54, 1.807) is 30.3 Å². The summed E-state index contributed by atoms with van der Waals surface area (Å²) < 4.78 is 63.8. The van der Waals surface area contributed by atoms with Crippen LogP contribution < -0.4 is 19.1 Å². The number of ether oxygens (including phenoxy) is 2. The molecule has 0 unspecified atom stereocenters. The van der Waals surface area contributed by atoms with Gasteiger partial charge in [0, 0.05) is 11.1 Å². The molecule has 1 N–H and O–H groups in total. The standard InChI is InChI=1S/C23H21ClF2N2O5S/c1-14(28(34(3,30)31)16-9-10-17(25)18(26)13-16)23(29)27-19-12-15(24)8-11-20(19)33-22-7-5-4-6-21(22)32-2/h4-14H,1-3H3,(H,27,29)/t14-/m1/s1. The molecule has 180 valence electrons. The lowest BCUT2D eigenvalue weighted by Crippen LogP contribution is -2.45. The Morgan fingerprint density at radius 3 is 2.29 bits per heavy atom. The van der Waals surface area contributed by atoms with Crippen LogP contribution in [0, 0.1) is 11.6 Å². The minimum absolute atomic E-state index is 0.161. The zero-order valence-corrected chi connectivity index (χ0v) is 20.0. The lowest BCUT2D eigenvalue weighted by Gasteiger charge is -2.28. The first-order valence-electron chi connectivity index (χ1n) is 9.87. The van der Waals surface area contributed by atoms with E-state index < -0.39 is 33.6 Å². The second-order valence-corrected chi connectivity index (χ2v) is 9.51. The van der Waals surface area contributed by atoms with Crippen LogP contribution in [0.2, 0.25) is 5.02 Å². The number of amides is 1. The van der Waals surface area contributed by atoms with E-state index >= 15 is 0 Å². The molecule has 0 aliphatic heterocycles. The number of rotatable bonds is 8. The lowest BCUT2D eigenvalue weighted by molar-refractivity contribution is -0.116. The molecular weight excluding hydrogens is 490 g/mol. The second-order valence-electron chi connectivity index (χ2n) is 7.22. The Hall–Kier alpha value is -3.37. The minimum Gasteiger partial charge on any atom is -0.493 e. The molecule has 0 aliphatic carbocycles. The Labute approximate surface area is 200 Å². The fraction of sp³-hybridized carbons (Fsp3) is 0.174. The van der Waals surface area contributed by atoms with Gasteiger partial charge >= 0.3 is 0 Å². The third kappa shape index (κ3) is 5.75. The van der Waals surface area contributed by atoms with Crippen molar-refractivity contribution in [3.8, 4) is 17.2 Å². The molecule has 0 saturated carbocycles. The van der Waals surface area contributed by atoms with Crippen molar-refractivity contribution in [2.24, 2.45) is 0 Å². The average molecular weight is 511 g/mol. The summed E-state index contributed by atoms with van der Waals surface area (Å²) in [7, 11) is -2.57. The number of carbonyl (C=O) groups is 1. The van der Waals surface area contributed by atoms with E-state index in [0.29, 0.717) is 21.9 Å². The second kappa shape index (κ2) is 10.3. The smallest absolute Gasteiger partial charge is 0.248 e. The summed E-state index contributed by atoms with van der Waals surface area (Å²) >= 11 is 6.09. The Morgan fingerprint density at radius 1 is 1.00 bits per heavy atom. The van der Waals surface area contributed by atoms with Gasteiger partial charge in [-0.3, -0.25) is 9.10 Å². The number of halogens is 3. The van der Waals surface area contributed by atoms with Crippen LogP contribution in [0.4, 0.5) is 20.2 Å². The van der Waals surface area contributed by atoms with Gasteiger partial charge in [-0.2, -0.15) is 0 Å². The van der Waals surface area contributed by atoms with Gasteiger partial charge in [-0.15, -0.1) is 0 Å². The summed E-state index contributed by atoms with van der Waals surface area (Å²) in [5.41, 5.74) is -0.0466. The summed E-state index contributed by atoms with van der Waals surface area (Å²) in [4.78, 5) is 13.1. The van der Waals surface area contributed by atoms with E-state index in [-0.39, 0.29) is 22.1 Å². The van der Waals surface area contributed by atoms with E-state index in [0.717, 1.165) is 18.4 Å². The van der Waals surface area contributed by atoms with Crippen molar-refractivity contribution >= 4 is 38.9 Å². The van der Waals surface area contributed by atoms with Crippen molar-refractivity contribution in [3.05, 3.63) is 77.3 Å². The maximum atomic E-state index is 13.8.